The van der Waals surface area contributed by atoms with E-state index in [0.29, 0.717) is 0 Å². The number of aliphatic hydroxyl groups excluding tert-OH is 2. The molecule has 1 unspecified atom stereocenters. The van der Waals surface area contributed by atoms with Gasteiger partial charge >= 0.3 is 5.97 Å². The van der Waals surface area contributed by atoms with Gasteiger partial charge in [0.15, 0.2) is 6.10 Å². The van der Waals surface area contributed by atoms with Crippen molar-refractivity contribution in [3.63, 3.8) is 0 Å². The Kier molecular flexibility index (Phi) is 4.07. The smallest absolute Gasteiger partial charge is 0.337 e. The van der Waals surface area contributed by atoms with E-state index in [2.05, 4.69) is 4.74 Å². The largest absolute Gasteiger partial charge is 0.461 e. The highest BCUT2D eigenvalue weighted by Crippen LogP contribution is 1.98. The van der Waals surface area contributed by atoms with Gasteiger partial charge < -0.3 is 14.9 Å². The van der Waals surface area contributed by atoms with Crippen molar-refractivity contribution < 1.29 is 19.7 Å². The summed E-state index contributed by atoms with van der Waals surface area (Å²) < 4.78 is 4.62. The molecule has 0 aliphatic heterocycles. The molecule has 0 amide bonds. The van der Waals surface area contributed by atoms with Crippen LogP contribution in [0.2, 0.25) is 0 Å². The van der Waals surface area contributed by atoms with Crippen molar-refractivity contribution in [2.75, 3.05) is 0 Å². The van der Waals surface area contributed by atoms with E-state index in [1.54, 1.807) is 13.8 Å². The van der Waals surface area contributed by atoms with Crippen molar-refractivity contribution in [2.24, 2.45) is 0 Å². The Morgan fingerprint density at radius 1 is 1.27 bits per heavy atom. The topological polar surface area (TPSA) is 66.8 Å². The molecule has 2 atom stereocenters. The number of hydrogen-bond acceptors (Lipinski definition) is 4. The Bertz CT molecular complexity index is 130. The molecule has 0 aromatic carbocycles. The fourth-order valence-corrected chi connectivity index (χ4v) is 0.499. The Morgan fingerprint density at radius 2 is 1.73 bits per heavy atom. The molecule has 0 saturated heterocycles. The minimum atomic E-state index is -1.43. The van der Waals surface area contributed by atoms with Gasteiger partial charge in [-0.05, 0) is 20.8 Å². The molecule has 4 heteroatoms. The van der Waals surface area contributed by atoms with Crippen molar-refractivity contribution in [3.05, 3.63) is 0 Å². The summed E-state index contributed by atoms with van der Waals surface area (Å²) in [4.78, 5) is 10.8. The van der Waals surface area contributed by atoms with Crippen LogP contribution in [0.4, 0.5) is 0 Å². The maximum atomic E-state index is 10.8. The van der Waals surface area contributed by atoms with Gasteiger partial charge in [0.05, 0.1) is 12.2 Å². The van der Waals surface area contributed by atoms with Crippen LogP contribution >= 0.6 is 0 Å². The summed E-state index contributed by atoms with van der Waals surface area (Å²) in [5.74, 6) is -0.782. The molecular weight excluding hydrogens is 148 g/mol. The third-order valence-electron chi connectivity index (χ3n) is 1.05. The van der Waals surface area contributed by atoms with Crippen molar-refractivity contribution >= 4 is 5.97 Å². The van der Waals surface area contributed by atoms with Crippen LogP contribution in [-0.2, 0) is 9.53 Å². The van der Waals surface area contributed by atoms with E-state index in [1.165, 1.54) is 6.92 Å². The second-order valence-corrected chi connectivity index (χ2v) is 2.67. The molecule has 0 aromatic heterocycles. The molecule has 11 heavy (non-hydrogen) atoms. The zero-order valence-electron chi connectivity index (χ0n) is 6.94. The highest BCUT2D eigenvalue weighted by atomic mass is 16.6. The monoisotopic (exact) mass is 162 g/mol. The van der Waals surface area contributed by atoms with E-state index in [4.69, 9.17) is 10.2 Å². The van der Waals surface area contributed by atoms with E-state index in [-0.39, 0.29) is 6.10 Å². The summed E-state index contributed by atoms with van der Waals surface area (Å²) in [6.07, 6.45) is -2.78. The summed E-state index contributed by atoms with van der Waals surface area (Å²) in [5.41, 5.74) is 0. The second kappa shape index (κ2) is 4.31. The first-order valence-electron chi connectivity index (χ1n) is 3.51. The number of rotatable bonds is 3. The van der Waals surface area contributed by atoms with Crippen LogP contribution in [0.1, 0.15) is 20.8 Å². The summed E-state index contributed by atoms with van der Waals surface area (Å²) in [6.45, 7) is 4.67. The van der Waals surface area contributed by atoms with Gasteiger partial charge in [-0.25, -0.2) is 4.79 Å². The van der Waals surface area contributed by atoms with Gasteiger partial charge in [-0.3, -0.25) is 0 Å². The van der Waals surface area contributed by atoms with E-state index < -0.39 is 18.2 Å². The summed E-state index contributed by atoms with van der Waals surface area (Å²) in [7, 11) is 0. The van der Waals surface area contributed by atoms with Gasteiger partial charge in [-0.1, -0.05) is 0 Å². The average Bonchev–Trinajstić information content (AvgIpc) is 1.84. The van der Waals surface area contributed by atoms with E-state index in [0.717, 1.165) is 0 Å². The number of hydrogen-bond donors (Lipinski definition) is 2. The van der Waals surface area contributed by atoms with E-state index >= 15 is 0 Å². The van der Waals surface area contributed by atoms with Gasteiger partial charge in [0, 0.05) is 0 Å². The molecule has 0 spiro atoms. The first kappa shape index (κ1) is 10.4. The molecule has 0 aliphatic carbocycles. The summed E-state index contributed by atoms with van der Waals surface area (Å²) >= 11 is 0. The van der Waals surface area contributed by atoms with Crippen LogP contribution in [0, 0.1) is 0 Å². The zero-order chi connectivity index (χ0) is 9.02. The SMILES string of the molecule is CC(C)OC(=O)[C@@H](O)C(C)O. The summed E-state index contributed by atoms with van der Waals surface area (Å²) in [6, 6.07) is 0. The van der Waals surface area contributed by atoms with Crippen LogP contribution in [0.25, 0.3) is 0 Å². The van der Waals surface area contributed by atoms with Gasteiger partial charge in [-0.2, -0.15) is 0 Å². The Morgan fingerprint density at radius 3 is 2.00 bits per heavy atom. The Balaban J connectivity index is 3.83. The minimum Gasteiger partial charge on any atom is -0.461 e. The number of aliphatic hydroxyl groups is 2. The average molecular weight is 162 g/mol. The zero-order valence-corrected chi connectivity index (χ0v) is 6.94. The molecule has 4 nitrogen and oxygen atoms in total. The molecule has 0 heterocycles. The number of carbonyl (C=O) groups is 1. The van der Waals surface area contributed by atoms with Crippen LogP contribution in [0.15, 0.2) is 0 Å². The van der Waals surface area contributed by atoms with Crippen molar-refractivity contribution in [3.8, 4) is 0 Å². The molecule has 0 radical (unpaired) electrons. The standard InChI is InChI=1S/C7H14O4/c1-4(2)11-7(10)6(9)5(3)8/h4-6,8-9H,1-3H3/t5?,6-/m0/s1. The lowest BCUT2D eigenvalue weighted by molar-refractivity contribution is -0.162. The molecule has 0 fully saturated rings. The fraction of sp³-hybridized carbons (Fsp3) is 0.857. The first-order chi connectivity index (χ1) is 4.95. The maximum absolute atomic E-state index is 10.8. The lowest BCUT2D eigenvalue weighted by atomic mass is 10.2. The molecular formula is C7H14O4. The molecule has 0 saturated carbocycles. The van der Waals surface area contributed by atoms with Crippen molar-refractivity contribution in [1.29, 1.82) is 0 Å². The second-order valence-electron chi connectivity index (χ2n) is 2.67. The van der Waals surface area contributed by atoms with Crippen LogP contribution in [-0.4, -0.2) is 34.5 Å². The maximum Gasteiger partial charge on any atom is 0.337 e. The fourth-order valence-electron chi connectivity index (χ4n) is 0.499. The number of ether oxygens (including phenoxy) is 1. The molecule has 0 bridgehead atoms. The van der Waals surface area contributed by atoms with E-state index in [1.807, 2.05) is 0 Å². The van der Waals surface area contributed by atoms with Crippen molar-refractivity contribution in [1.82, 2.24) is 0 Å². The normalized spacial score (nSPS) is 16.2. The van der Waals surface area contributed by atoms with Crippen LogP contribution < -0.4 is 0 Å². The lowest BCUT2D eigenvalue weighted by Gasteiger charge is -2.14. The quantitative estimate of drug-likeness (QED) is 0.558. The van der Waals surface area contributed by atoms with Gasteiger partial charge in [0.1, 0.15) is 0 Å². The molecule has 66 valence electrons. The minimum absolute atomic E-state index is 0.268. The molecule has 0 aromatic rings. The predicted octanol–water partition coefficient (Wildman–Crippen LogP) is -0.320. The third kappa shape index (κ3) is 3.95. The highest BCUT2D eigenvalue weighted by Gasteiger charge is 2.22. The Hall–Kier alpha value is -0.610. The molecule has 0 aliphatic rings. The van der Waals surface area contributed by atoms with Gasteiger partial charge in [0.2, 0.25) is 0 Å². The van der Waals surface area contributed by atoms with Crippen molar-refractivity contribution in [2.45, 2.75) is 39.1 Å². The van der Waals surface area contributed by atoms with Crippen LogP contribution in [0.3, 0.4) is 0 Å². The lowest BCUT2D eigenvalue weighted by Crippen LogP contribution is -2.34. The third-order valence-corrected chi connectivity index (χ3v) is 1.05. The number of carbonyl (C=O) groups excluding carboxylic acids is 1. The molecule has 2 N–H and O–H groups in total. The van der Waals surface area contributed by atoms with Crippen LogP contribution in [0.5, 0.6) is 0 Å². The predicted molar refractivity (Wildman–Crippen MR) is 38.9 cm³/mol. The van der Waals surface area contributed by atoms with Gasteiger partial charge in [0.25, 0.3) is 0 Å². The Labute approximate surface area is 65.8 Å². The van der Waals surface area contributed by atoms with Gasteiger partial charge in [-0.15, -0.1) is 0 Å². The highest BCUT2D eigenvalue weighted by molar-refractivity contribution is 5.75. The molecule has 0 rings (SSSR count). The summed E-state index contributed by atoms with van der Waals surface area (Å²) in [5, 5.41) is 17.7. The van der Waals surface area contributed by atoms with E-state index in [9.17, 15) is 4.79 Å². The number of esters is 1. The first-order valence-corrected chi connectivity index (χ1v) is 3.51.